The Morgan fingerprint density at radius 1 is 1.50 bits per heavy atom. The minimum atomic E-state index is -0.552. The second kappa shape index (κ2) is 4.73. The number of aromatic amines is 1. The minimum Gasteiger partial charge on any atom is -0.395 e. The summed E-state index contributed by atoms with van der Waals surface area (Å²) in [5.74, 6) is 0.0176. The number of hydrogen-bond donors (Lipinski definition) is 4. The molecule has 0 bridgehead atoms. The summed E-state index contributed by atoms with van der Waals surface area (Å²) in [6, 6.07) is 0. The Kier molecular flexibility index (Phi) is 3.36. The number of nitrogens with one attached hydrogen (secondary N) is 1. The summed E-state index contributed by atoms with van der Waals surface area (Å²) in [5.41, 5.74) is 5.99. The van der Waals surface area contributed by atoms with Gasteiger partial charge in [0.05, 0.1) is 13.2 Å². The molecule has 5 N–H and O–H groups in total. The van der Waals surface area contributed by atoms with Gasteiger partial charge in [0.25, 0.3) is 5.56 Å². The number of fused-ring (bicyclic) bond motifs is 1. The van der Waals surface area contributed by atoms with Crippen molar-refractivity contribution < 1.29 is 10.2 Å². The fourth-order valence-corrected chi connectivity index (χ4v) is 2.07. The number of aliphatic hydroxyl groups excluding tert-OH is 2. The van der Waals surface area contributed by atoms with E-state index in [-0.39, 0.29) is 32.1 Å². The lowest BCUT2D eigenvalue weighted by Crippen LogP contribution is -2.12. The van der Waals surface area contributed by atoms with Crippen LogP contribution in [0.5, 0.6) is 0 Å². The molecule has 2 aromatic rings. The van der Waals surface area contributed by atoms with E-state index in [2.05, 4.69) is 15.0 Å². The standard InChI is InChI=1S/C11H13N5O3.CH4/c12-10-14-8-7(9(19)15-10)13-5-16(8)2-6-1-11(6,3-17)4-18;/h2,5,17-18H,1,3-4H2,(H3,12,14,15,19);1H4/b6-2+;. The van der Waals surface area contributed by atoms with Crippen molar-refractivity contribution in [2.75, 3.05) is 18.9 Å². The molecular formula is C12H17N5O3. The number of nitrogen functional groups attached to an aromatic ring is 1. The molecule has 0 aliphatic heterocycles. The average molecular weight is 279 g/mol. The number of nitrogens with zero attached hydrogens (tertiary/aromatic N) is 3. The monoisotopic (exact) mass is 279 g/mol. The Hall–Kier alpha value is -2.19. The van der Waals surface area contributed by atoms with Gasteiger partial charge in [0.1, 0.15) is 6.33 Å². The van der Waals surface area contributed by atoms with E-state index in [1.165, 1.54) is 6.33 Å². The maximum atomic E-state index is 11.6. The molecule has 3 rings (SSSR count). The molecule has 1 aliphatic rings. The van der Waals surface area contributed by atoms with Gasteiger partial charge in [-0.3, -0.25) is 14.3 Å². The molecule has 2 heterocycles. The lowest BCUT2D eigenvalue weighted by atomic mass is 10.1. The van der Waals surface area contributed by atoms with Gasteiger partial charge in [-0.05, 0) is 12.0 Å². The molecule has 2 aromatic heterocycles. The topological polar surface area (TPSA) is 130 Å². The molecule has 8 nitrogen and oxygen atoms in total. The van der Waals surface area contributed by atoms with E-state index in [0.29, 0.717) is 12.1 Å². The second-order valence-electron chi connectivity index (χ2n) is 4.70. The number of aromatic nitrogens is 4. The number of hydrogen-bond acceptors (Lipinski definition) is 6. The number of H-pyrrole nitrogens is 1. The Bertz CT molecular complexity index is 726. The number of imidazole rings is 1. The molecule has 0 aromatic carbocycles. The SMILES string of the molecule is C.Nc1nc2c(ncn2/C=C2\CC2(CO)CO)c(=O)[nH]1. The van der Waals surface area contributed by atoms with Gasteiger partial charge in [-0.1, -0.05) is 7.43 Å². The van der Waals surface area contributed by atoms with E-state index in [4.69, 9.17) is 5.73 Å². The van der Waals surface area contributed by atoms with Crippen LogP contribution >= 0.6 is 0 Å². The molecule has 8 heteroatoms. The Morgan fingerprint density at radius 3 is 2.80 bits per heavy atom. The van der Waals surface area contributed by atoms with E-state index in [9.17, 15) is 15.0 Å². The maximum Gasteiger partial charge on any atom is 0.280 e. The van der Waals surface area contributed by atoms with Crippen LogP contribution in [0.15, 0.2) is 16.7 Å². The zero-order chi connectivity index (χ0) is 13.6. The summed E-state index contributed by atoms with van der Waals surface area (Å²) >= 11 is 0. The normalized spacial score (nSPS) is 18.2. The first-order chi connectivity index (χ1) is 9.09. The largest absolute Gasteiger partial charge is 0.395 e. The second-order valence-corrected chi connectivity index (χ2v) is 4.70. The van der Waals surface area contributed by atoms with Crippen molar-refractivity contribution >= 4 is 23.3 Å². The van der Waals surface area contributed by atoms with Gasteiger partial charge in [0, 0.05) is 11.6 Å². The van der Waals surface area contributed by atoms with Gasteiger partial charge in [-0.25, -0.2) is 4.98 Å². The third-order valence-electron chi connectivity index (χ3n) is 3.44. The highest BCUT2D eigenvalue weighted by molar-refractivity contribution is 5.73. The quantitative estimate of drug-likeness (QED) is 0.602. The van der Waals surface area contributed by atoms with E-state index in [1.54, 1.807) is 10.8 Å². The van der Waals surface area contributed by atoms with Crippen LogP contribution in [0.4, 0.5) is 5.95 Å². The maximum absolute atomic E-state index is 11.6. The first kappa shape index (κ1) is 14.2. The molecule has 0 radical (unpaired) electrons. The third kappa shape index (κ3) is 1.98. The van der Waals surface area contributed by atoms with Crippen LogP contribution in [0.1, 0.15) is 13.8 Å². The number of rotatable bonds is 3. The molecule has 0 saturated heterocycles. The smallest absolute Gasteiger partial charge is 0.280 e. The van der Waals surface area contributed by atoms with Gasteiger partial charge in [-0.2, -0.15) is 4.98 Å². The minimum absolute atomic E-state index is 0. The predicted octanol–water partition coefficient (Wildman–Crippen LogP) is -0.446. The molecule has 0 unspecified atom stereocenters. The molecule has 1 fully saturated rings. The van der Waals surface area contributed by atoms with Gasteiger partial charge >= 0.3 is 0 Å². The van der Waals surface area contributed by atoms with Crippen LogP contribution < -0.4 is 11.3 Å². The van der Waals surface area contributed by atoms with Crippen molar-refractivity contribution in [1.82, 2.24) is 19.5 Å². The molecule has 1 aliphatic carbocycles. The molecular weight excluding hydrogens is 262 g/mol. The number of nitrogens with two attached hydrogens (primary N) is 1. The molecule has 0 atom stereocenters. The fourth-order valence-electron chi connectivity index (χ4n) is 2.07. The van der Waals surface area contributed by atoms with E-state index < -0.39 is 11.0 Å². The Labute approximate surface area is 114 Å². The van der Waals surface area contributed by atoms with Gasteiger partial charge < -0.3 is 15.9 Å². The van der Waals surface area contributed by atoms with Gasteiger partial charge in [0.2, 0.25) is 5.95 Å². The molecule has 108 valence electrons. The Balaban J connectivity index is 0.00000147. The summed E-state index contributed by atoms with van der Waals surface area (Å²) in [7, 11) is 0. The summed E-state index contributed by atoms with van der Waals surface area (Å²) in [6.07, 6.45) is 3.78. The highest BCUT2D eigenvalue weighted by Crippen LogP contribution is 2.51. The number of aliphatic hydroxyl groups is 2. The van der Waals surface area contributed by atoms with E-state index in [0.717, 1.165) is 5.57 Å². The van der Waals surface area contributed by atoms with Crippen LogP contribution in [-0.2, 0) is 0 Å². The van der Waals surface area contributed by atoms with Crippen LogP contribution in [0.3, 0.4) is 0 Å². The number of anilines is 1. The van der Waals surface area contributed by atoms with Gasteiger partial charge in [0.15, 0.2) is 11.2 Å². The van der Waals surface area contributed by atoms with Crippen LogP contribution in [0, 0.1) is 5.41 Å². The van der Waals surface area contributed by atoms with Crippen molar-refractivity contribution in [2.24, 2.45) is 5.41 Å². The van der Waals surface area contributed by atoms with Crippen molar-refractivity contribution in [2.45, 2.75) is 13.8 Å². The first-order valence-corrected chi connectivity index (χ1v) is 5.75. The lowest BCUT2D eigenvalue weighted by Gasteiger charge is -2.05. The lowest BCUT2D eigenvalue weighted by molar-refractivity contribution is 0.143. The summed E-state index contributed by atoms with van der Waals surface area (Å²) in [5, 5.41) is 18.5. The highest BCUT2D eigenvalue weighted by Gasteiger charge is 2.48. The van der Waals surface area contributed by atoms with Crippen LogP contribution in [0.2, 0.25) is 0 Å². The van der Waals surface area contributed by atoms with Crippen LogP contribution in [0.25, 0.3) is 17.4 Å². The summed E-state index contributed by atoms with van der Waals surface area (Å²) in [4.78, 5) is 22.0. The molecule has 20 heavy (non-hydrogen) atoms. The third-order valence-corrected chi connectivity index (χ3v) is 3.44. The van der Waals surface area contributed by atoms with Crippen molar-refractivity contribution in [3.8, 4) is 0 Å². The van der Waals surface area contributed by atoms with Crippen LogP contribution in [-0.4, -0.2) is 42.9 Å². The summed E-state index contributed by atoms with van der Waals surface area (Å²) < 4.78 is 1.57. The fraction of sp³-hybridized carbons (Fsp3) is 0.417. The van der Waals surface area contributed by atoms with E-state index >= 15 is 0 Å². The average Bonchev–Trinajstić information content (AvgIpc) is 2.94. The molecule has 1 saturated carbocycles. The Morgan fingerprint density at radius 2 is 2.20 bits per heavy atom. The summed E-state index contributed by atoms with van der Waals surface area (Å²) in [6.45, 7) is -0.226. The predicted molar refractivity (Wildman–Crippen MR) is 74.8 cm³/mol. The van der Waals surface area contributed by atoms with Crippen molar-refractivity contribution in [3.63, 3.8) is 0 Å². The van der Waals surface area contributed by atoms with E-state index in [1.807, 2.05) is 0 Å². The molecule has 0 spiro atoms. The zero-order valence-corrected chi connectivity index (χ0v) is 10.00. The first-order valence-electron chi connectivity index (χ1n) is 5.75. The van der Waals surface area contributed by atoms with Crippen molar-refractivity contribution in [3.05, 3.63) is 22.3 Å². The van der Waals surface area contributed by atoms with Gasteiger partial charge in [-0.15, -0.1) is 0 Å². The highest BCUT2D eigenvalue weighted by atomic mass is 16.3. The van der Waals surface area contributed by atoms with Crippen molar-refractivity contribution in [1.29, 1.82) is 0 Å². The molecule has 0 amide bonds. The zero-order valence-electron chi connectivity index (χ0n) is 10.00.